The third kappa shape index (κ3) is 3.03. The van der Waals surface area contributed by atoms with Gasteiger partial charge >= 0.3 is 0 Å². The van der Waals surface area contributed by atoms with Gasteiger partial charge in [0.05, 0.1) is 10.7 Å². The molecule has 4 N–H and O–H groups in total. The molecule has 1 amide bonds. The molecule has 0 bridgehead atoms. The largest absolute Gasteiger partial charge is 0.397 e. The molecule has 0 saturated carbocycles. The molecule has 1 fully saturated rings. The van der Waals surface area contributed by atoms with Crippen molar-refractivity contribution in [2.75, 3.05) is 23.7 Å². The van der Waals surface area contributed by atoms with Crippen molar-refractivity contribution >= 4 is 27.9 Å². The Balaban J connectivity index is 2.06. The molecule has 0 atom stereocenters. The summed E-state index contributed by atoms with van der Waals surface area (Å²) < 4.78 is 0. The third-order valence-electron chi connectivity index (χ3n) is 4.00. The second-order valence-electron chi connectivity index (χ2n) is 6.36. The van der Waals surface area contributed by atoms with Gasteiger partial charge in [0.2, 0.25) is 0 Å². The van der Waals surface area contributed by atoms with Crippen LogP contribution in [0.5, 0.6) is 0 Å². The molecular formula is C14H23N3OS. The summed E-state index contributed by atoms with van der Waals surface area (Å²) in [5.74, 6) is 0.329. The Kier molecular flexibility index (Phi) is 3.76. The second kappa shape index (κ2) is 5.04. The van der Waals surface area contributed by atoms with Crippen molar-refractivity contribution < 1.29 is 4.79 Å². The van der Waals surface area contributed by atoms with Gasteiger partial charge in [-0.1, -0.05) is 20.8 Å². The number of nitrogen functional groups attached to an aromatic ring is 1. The van der Waals surface area contributed by atoms with Crippen LogP contribution in [0.15, 0.2) is 6.07 Å². The number of anilines is 2. The summed E-state index contributed by atoms with van der Waals surface area (Å²) in [6.45, 7) is 8.98. The van der Waals surface area contributed by atoms with Crippen LogP contribution >= 0.6 is 11.3 Å². The van der Waals surface area contributed by atoms with E-state index >= 15 is 0 Å². The zero-order valence-corrected chi connectivity index (χ0v) is 12.7. The lowest BCUT2D eigenvalue weighted by atomic mass is 9.75. The number of nitrogens with two attached hydrogens (primary N) is 2. The van der Waals surface area contributed by atoms with Crippen molar-refractivity contribution in [3.05, 3.63) is 10.9 Å². The number of nitrogens with zero attached hydrogens (tertiary/aromatic N) is 1. The number of rotatable bonds is 2. The fraction of sp³-hybridized carbons (Fsp3) is 0.643. The molecule has 0 radical (unpaired) electrons. The highest BCUT2D eigenvalue weighted by atomic mass is 32.1. The van der Waals surface area contributed by atoms with Crippen molar-refractivity contribution in [1.29, 1.82) is 0 Å². The highest BCUT2D eigenvalue weighted by molar-refractivity contribution is 7.18. The predicted molar refractivity (Wildman–Crippen MR) is 81.6 cm³/mol. The SMILES string of the molecule is CC(C)(C)C1CCN(c2cc(N)c(C(N)=O)s2)CC1. The van der Waals surface area contributed by atoms with E-state index < -0.39 is 5.91 Å². The lowest BCUT2D eigenvalue weighted by molar-refractivity contribution is 0.100. The predicted octanol–water partition coefficient (Wildman–Crippen LogP) is 2.69. The van der Waals surface area contributed by atoms with E-state index in [2.05, 4.69) is 25.7 Å². The maximum Gasteiger partial charge on any atom is 0.260 e. The Hall–Kier alpha value is -1.23. The molecule has 0 aromatic carbocycles. The van der Waals surface area contributed by atoms with Crippen molar-refractivity contribution in [2.24, 2.45) is 17.1 Å². The number of thiophene rings is 1. The Morgan fingerprint density at radius 1 is 1.37 bits per heavy atom. The van der Waals surface area contributed by atoms with Crippen LogP contribution in [0.25, 0.3) is 0 Å². The van der Waals surface area contributed by atoms with E-state index in [1.165, 1.54) is 24.2 Å². The Labute approximate surface area is 118 Å². The average molecular weight is 281 g/mol. The van der Waals surface area contributed by atoms with Crippen LogP contribution in [-0.2, 0) is 0 Å². The molecule has 1 aliphatic rings. The highest BCUT2D eigenvalue weighted by Crippen LogP contribution is 2.38. The molecule has 1 aliphatic heterocycles. The van der Waals surface area contributed by atoms with E-state index in [0.717, 1.165) is 24.0 Å². The van der Waals surface area contributed by atoms with E-state index in [9.17, 15) is 4.79 Å². The number of carbonyl (C=O) groups is 1. The molecule has 0 aliphatic carbocycles. The van der Waals surface area contributed by atoms with Gasteiger partial charge in [0.25, 0.3) is 5.91 Å². The van der Waals surface area contributed by atoms with Gasteiger partial charge in [0.15, 0.2) is 0 Å². The smallest absolute Gasteiger partial charge is 0.260 e. The fourth-order valence-corrected chi connectivity index (χ4v) is 3.69. The Morgan fingerprint density at radius 2 is 1.95 bits per heavy atom. The van der Waals surface area contributed by atoms with E-state index in [0.29, 0.717) is 16.0 Å². The number of hydrogen-bond donors (Lipinski definition) is 2. The first-order chi connectivity index (χ1) is 8.79. The highest BCUT2D eigenvalue weighted by Gasteiger charge is 2.29. The first-order valence-electron chi connectivity index (χ1n) is 6.73. The molecular weight excluding hydrogens is 258 g/mol. The normalized spacial score (nSPS) is 17.7. The number of carbonyl (C=O) groups excluding carboxylic acids is 1. The van der Waals surface area contributed by atoms with Gasteiger partial charge in [-0.15, -0.1) is 11.3 Å². The van der Waals surface area contributed by atoms with Crippen LogP contribution in [0, 0.1) is 11.3 Å². The van der Waals surface area contributed by atoms with Crippen LogP contribution in [0.2, 0.25) is 0 Å². The van der Waals surface area contributed by atoms with Gasteiger partial charge < -0.3 is 16.4 Å². The summed E-state index contributed by atoms with van der Waals surface area (Å²) in [5.41, 5.74) is 12.0. The molecule has 2 rings (SSSR count). The molecule has 106 valence electrons. The topological polar surface area (TPSA) is 72.3 Å². The summed E-state index contributed by atoms with van der Waals surface area (Å²) in [7, 11) is 0. The molecule has 4 nitrogen and oxygen atoms in total. The molecule has 0 unspecified atom stereocenters. The molecule has 1 saturated heterocycles. The van der Waals surface area contributed by atoms with Gasteiger partial charge in [-0.3, -0.25) is 4.79 Å². The monoisotopic (exact) mass is 281 g/mol. The van der Waals surface area contributed by atoms with Gasteiger partial charge in [0, 0.05) is 13.1 Å². The quantitative estimate of drug-likeness (QED) is 0.875. The van der Waals surface area contributed by atoms with Gasteiger partial charge in [0.1, 0.15) is 4.88 Å². The molecule has 19 heavy (non-hydrogen) atoms. The molecule has 1 aromatic rings. The first-order valence-corrected chi connectivity index (χ1v) is 7.54. The lowest BCUT2D eigenvalue weighted by Crippen LogP contribution is -2.37. The van der Waals surface area contributed by atoms with Crippen molar-refractivity contribution in [2.45, 2.75) is 33.6 Å². The summed E-state index contributed by atoms with van der Waals surface area (Å²) in [6, 6.07) is 1.88. The van der Waals surface area contributed by atoms with Crippen LogP contribution < -0.4 is 16.4 Å². The zero-order chi connectivity index (χ0) is 14.2. The van der Waals surface area contributed by atoms with E-state index in [4.69, 9.17) is 11.5 Å². The van der Waals surface area contributed by atoms with Crippen LogP contribution in [0.4, 0.5) is 10.7 Å². The second-order valence-corrected chi connectivity index (χ2v) is 7.39. The number of piperidine rings is 1. The minimum atomic E-state index is -0.432. The minimum absolute atomic E-state index is 0.374. The average Bonchev–Trinajstić information content (AvgIpc) is 2.70. The Morgan fingerprint density at radius 3 is 2.37 bits per heavy atom. The molecule has 0 spiro atoms. The van der Waals surface area contributed by atoms with Gasteiger partial charge in [-0.25, -0.2) is 0 Å². The Bertz CT molecular complexity index is 468. The van der Waals surface area contributed by atoms with Crippen molar-refractivity contribution in [1.82, 2.24) is 0 Å². The number of primary amides is 1. The summed E-state index contributed by atoms with van der Waals surface area (Å²) in [5, 5.41) is 1.07. The van der Waals surface area contributed by atoms with Crippen LogP contribution in [0.3, 0.4) is 0 Å². The summed E-state index contributed by atoms with van der Waals surface area (Å²) >= 11 is 1.41. The van der Waals surface area contributed by atoms with Gasteiger partial charge in [-0.05, 0) is 30.2 Å². The fourth-order valence-electron chi connectivity index (χ4n) is 2.71. The van der Waals surface area contributed by atoms with E-state index in [1.54, 1.807) is 0 Å². The third-order valence-corrected chi connectivity index (χ3v) is 5.23. The summed E-state index contributed by atoms with van der Waals surface area (Å²) in [6.07, 6.45) is 2.38. The van der Waals surface area contributed by atoms with Gasteiger partial charge in [-0.2, -0.15) is 0 Å². The summed E-state index contributed by atoms with van der Waals surface area (Å²) in [4.78, 5) is 14.0. The standard InChI is InChI=1S/C14H23N3OS/c1-14(2,3)9-4-6-17(7-5-9)11-8-10(15)12(19-11)13(16)18/h8-9H,4-7,15H2,1-3H3,(H2,16,18). The molecule has 2 heterocycles. The number of hydrogen-bond acceptors (Lipinski definition) is 4. The minimum Gasteiger partial charge on any atom is -0.397 e. The first kappa shape index (κ1) is 14.2. The van der Waals surface area contributed by atoms with E-state index in [1.807, 2.05) is 6.07 Å². The molecule has 1 aromatic heterocycles. The number of amides is 1. The lowest BCUT2D eigenvalue weighted by Gasteiger charge is -2.39. The van der Waals surface area contributed by atoms with Crippen LogP contribution in [0.1, 0.15) is 43.3 Å². The van der Waals surface area contributed by atoms with Crippen molar-refractivity contribution in [3.8, 4) is 0 Å². The van der Waals surface area contributed by atoms with E-state index in [-0.39, 0.29) is 0 Å². The van der Waals surface area contributed by atoms with Crippen molar-refractivity contribution in [3.63, 3.8) is 0 Å². The molecule has 5 heteroatoms. The maximum absolute atomic E-state index is 11.2. The maximum atomic E-state index is 11.2. The van der Waals surface area contributed by atoms with Crippen LogP contribution in [-0.4, -0.2) is 19.0 Å². The zero-order valence-electron chi connectivity index (χ0n) is 11.9.